The minimum Gasteiger partial charge on any atom is -0.399 e. The summed E-state index contributed by atoms with van der Waals surface area (Å²) >= 11 is 0. The number of aromatic nitrogens is 2. The highest BCUT2D eigenvalue weighted by molar-refractivity contribution is 5.80. The summed E-state index contributed by atoms with van der Waals surface area (Å²) in [6.45, 7) is 1.45. The van der Waals surface area contributed by atoms with Crippen LogP contribution in [0.4, 0.5) is 18.9 Å². The molecule has 4 aromatic carbocycles. The van der Waals surface area contributed by atoms with Gasteiger partial charge in [-0.25, -0.2) is 4.98 Å². The lowest BCUT2D eigenvalue weighted by Gasteiger charge is -2.09. The van der Waals surface area contributed by atoms with Gasteiger partial charge in [-0.1, -0.05) is 54.6 Å². The van der Waals surface area contributed by atoms with Crippen molar-refractivity contribution in [1.82, 2.24) is 15.3 Å². The van der Waals surface area contributed by atoms with Crippen LogP contribution in [-0.4, -0.2) is 9.97 Å². The average Bonchev–Trinajstić information content (AvgIpc) is 3.28. The molecule has 1 aromatic heterocycles. The molecule has 0 aliphatic heterocycles. The number of aromatic amines is 1. The summed E-state index contributed by atoms with van der Waals surface area (Å²) in [5.41, 5.74) is 12.0. The summed E-state index contributed by atoms with van der Waals surface area (Å²) in [7, 11) is 0. The van der Waals surface area contributed by atoms with Crippen LogP contribution in [0.15, 0.2) is 91.0 Å². The van der Waals surface area contributed by atoms with Crippen LogP contribution in [0.2, 0.25) is 0 Å². The molecule has 0 bridgehead atoms. The first-order valence-corrected chi connectivity index (χ1v) is 11.2. The fraction of sp³-hybridized carbons (Fsp3) is 0.107. The number of nitrogens with two attached hydrogens (primary N) is 1. The van der Waals surface area contributed by atoms with Gasteiger partial charge in [0.1, 0.15) is 5.82 Å². The topological polar surface area (TPSA) is 66.7 Å². The molecule has 5 aromatic rings. The van der Waals surface area contributed by atoms with E-state index < -0.39 is 11.7 Å². The van der Waals surface area contributed by atoms with Crippen LogP contribution in [0, 0.1) is 0 Å². The molecule has 0 fully saturated rings. The summed E-state index contributed by atoms with van der Waals surface area (Å²) < 4.78 is 39.0. The molecule has 0 aliphatic carbocycles. The number of anilines is 1. The third-order valence-electron chi connectivity index (χ3n) is 5.84. The molecule has 0 atom stereocenters. The lowest BCUT2D eigenvalue weighted by Crippen LogP contribution is -2.12. The van der Waals surface area contributed by atoms with Gasteiger partial charge in [-0.15, -0.1) is 0 Å². The highest BCUT2D eigenvalue weighted by atomic mass is 19.4. The number of hydrogen-bond acceptors (Lipinski definition) is 3. The summed E-state index contributed by atoms with van der Waals surface area (Å²) in [6, 6.07) is 27.5. The summed E-state index contributed by atoms with van der Waals surface area (Å²) in [5.74, 6) is 0.533. The first-order chi connectivity index (χ1) is 16.8. The Bertz CT molecular complexity index is 1470. The number of H-pyrrole nitrogens is 1. The number of fused-ring (bicyclic) bond motifs is 1. The first-order valence-electron chi connectivity index (χ1n) is 11.2. The monoisotopic (exact) mass is 472 g/mol. The standard InChI is InChI=1S/C28H23F3N4/c29-28(30,31)23-11-12-25-26(15-23)35-27(34-25)21-9-7-20(8-10-21)22-5-1-3-18(13-22)16-33-17-19-4-2-6-24(32)14-19/h1-15,33H,16-17,32H2,(H,34,35). The van der Waals surface area contributed by atoms with Crippen LogP contribution in [0.3, 0.4) is 0 Å². The Morgan fingerprint density at radius 3 is 2.14 bits per heavy atom. The van der Waals surface area contributed by atoms with Gasteiger partial charge in [-0.3, -0.25) is 0 Å². The van der Waals surface area contributed by atoms with Gasteiger partial charge < -0.3 is 16.0 Å². The van der Waals surface area contributed by atoms with Gasteiger partial charge in [0.05, 0.1) is 16.6 Å². The second kappa shape index (κ2) is 9.27. The van der Waals surface area contributed by atoms with Crippen molar-refractivity contribution in [3.63, 3.8) is 0 Å². The Labute approximate surface area is 200 Å². The van der Waals surface area contributed by atoms with E-state index in [4.69, 9.17) is 5.73 Å². The fourth-order valence-corrected chi connectivity index (χ4v) is 4.06. The molecule has 0 saturated heterocycles. The minimum atomic E-state index is -4.39. The quantitative estimate of drug-likeness (QED) is 0.239. The zero-order chi connectivity index (χ0) is 24.4. The number of hydrogen-bond donors (Lipinski definition) is 3. The molecule has 0 spiro atoms. The highest BCUT2D eigenvalue weighted by Gasteiger charge is 2.30. The number of imidazole rings is 1. The number of halogens is 3. The minimum absolute atomic E-state index is 0.359. The lowest BCUT2D eigenvalue weighted by atomic mass is 10.0. The Morgan fingerprint density at radius 2 is 1.43 bits per heavy atom. The van der Waals surface area contributed by atoms with E-state index in [0.717, 1.165) is 58.7 Å². The Balaban J connectivity index is 1.30. The molecule has 7 heteroatoms. The van der Waals surface area contributed by atoms with E-state index in [1.807, 2.05) is 54.6 Å². The number of rotatable bonds is 6. The number of nitrogens with one attached hydrogen (secondary N) is 2. The Morgan fingerprint density at radius 1 is 0.743 bits per heavy atom. The van der Waals surface area contributed by atoms with Crippen LogP contribution < -0.4 is 11.1 Å². The van der Waals surface area contributed by atoms with Crippen LogP contribution in [-0.2, 0) is 19.3 Å². The van der Waals surface area contributed by atoms with Gasteiger partial charge in [0, 0.05) is 24.3 Å². The van der Waals surface area contributed by atoms with E-state index in [-0.39, 0.29) is 0 Å². The SMILES string of the molecule is Nc1cccc(CNCc2cccc(-c3ccc(-c4nc5ccc(C(F)(F)F)cc5[nH]4)cc3)c2)c1. The number of nitrogens with zero attached hydrogens (tertiary/aromatic N) is 1. The maximum absolute atomic E-state index is 13.0. The summed E-state index contributed by atoms with van der Waals surface area (Å²) in [5, 5.41) is 3.44. The molecule has 0 amide bonds. The second-order valence-corrected chi connectivity index (χ2v) is 8.44. The van der Waals surface area contributed by atoms with Crippen LogP contribution in [0.1, 0.15) is 16.7 Å². The Hall–Kier alpha value is -4.10. The molecule has 0 radical (unpaired) electrons. The van der Waals surface area contributed by atoms with Gasteiger partial charge in [0.15, 0.2) is 0 Å². The van der Waals surface area contributed by atoms with Crippen molar-refractivity contribution >= 4 is 16.7 Å². The summed E-state index contributed by atoms with van der Waals surface area (Å²) in [4.78, 5) is 7.45. The third-order valence-corrected chi connectivity index (χ3v) is 5.84. The zero-order valence-corrected chi connectivity index (χ0v) is 18.7. The van der Waals surface area contributed by atoms with Gasteiger partial charge in [0.25, 0.3) is 0 Å². The molecule has 176 valence electrons. The smallest absolute Gasteiger partial charge is 0.399 e. The number of nitrogen functional groups attached to an aromatic ring is 1. The second-order valence-electron chi connectivity index (χ2n) is 8.44. The molecule has 4 nitrogen and oxygen atoms in total. The first kappa shape index (κ1) is 22.7. The maximum atomic E-state index is 13.0. The van der Waals surface area contributed by atoms with E-state index in [1.54, 1.807) is 0 Å². The maximum Gasteiger partial charge on any atom is 0.416 e. The Kier molecular flexibility index (Phi) is 6.01. The largest absolute Gasteiger partial charge is 0.416 e. The molecule has 1 heterocycles. The van der Waals surface area contributed by atoms with Gasteiger partial charge in [0.2, 0.25) is 0 Å². The predicted octanol–water partition coefficient (Wildman–Crippen LogP) is 6.79. The molecular weight excluding hydrogens is 449 g/mol. The fourth-order valence-electron chi connectivity index (χ4n) is 4.06. The zero-order valence-electron chi connectivity index (χ0n) is 18.7. The summed E-state index contributed by atoms with van der Waals surface area (Å²) in [6.07, 6.45) is -4.39. The van der Waals surface area contributed by atoms with Crippen LogP contribution >= 0.6 is 0 Å². The van der Waals surface area contributed by atoms with E-state index >= 15 is 0 Å². The van der Waals surface area contributed by atoms with Gasteiger partial charge in [-0.05, 0) is 58.7 Å². The number of alkyl halides is 3. The third kappa shape index (κ3) is 5.20. The van der Waals surface area contributed by atoms with Gasteiger partial charge in [-0.2, -0.15) is 13.2 Å². The van der Waals surface area contributed by atoms with Crippen molar-refractivity contribution in [3.05, 3.63) is 108 Å². The van der Waals surface area contributed by atoms with E-state index in [0.29, 0.717) is 16.9 Å². The van der Waals surface area contributed by atoms with E-state index in [1.165, 1.54) is 6.07 Å². The van der Waals surface area contributed by atoms with Crippen molar-refractivity contribution in [1.29, 1.82) is 0 Å². The van der Waals surface area contributed by atoms with Crippen molar-refractivity contribution in [2.75, 3.05) is 5.73 Å². The van der Waals surface area contributed by atoms with E-state index in [2.05, 4.69) is 33.5 Å². The molecular formula is C28H23F3N4. The molecule has 5 rings (SSSR count). The molecule has 4 N–H and O–H groups in total. The van der Waals surface area contributed by atoms with Crippen molar-refractivity contribution in [2.45, 2.75) is 19.3 Å². The number of benzene rings is 4. The van der Waals surface area contributed by atoms with Crippen molar-refractivity contribution in [3.8, 4) is 22.5 Å². The molecule has 0 unspecified atom stereocenters. The van der Waals surface area contributed by atoms with Crippen molar-refractivity contribution < 1.29 is 13.2 Å². The molecule has 0 aliphatic rings. The average molecular weight is 473 g/mol. The predicted molar refractivity (Wildman–Crippen MR) is 133 cm³/mol. The van der Waals surface area contributed by atoms with E-state index in [9.17, 15) is 13.2 Å². The highest BCUT2D eigenvalue weighted by Crippen LogP contribution is 2.32. The molecule has 0 saturated carbocycles. The molecule has 35 heavy (non-hydrogen) atoms. The van der Waals surface area contributed by atoms with Crippen LogP contribution in [0.25, 0.3) is 33.5 Å². The van der Waals surface area contributed by atoms with Gasteiger partial charge >= 0.3 is 6.18 Å². The van der Waals surface area contributed by atoms with Crippen LogP contribution in [0.5, 0.6) is 0 Å². The normalized spacial score (nSPS) is 11.7. The lowest BCUT2D eigenvalue weighted by molar-refractivity contribution is -0.137. The van der Waals surface area contributed by atoms with Crippen molar-refractivity contribution in [2.24, 2.45) is 0 Å².